The van der Waals surface area contributed by atoms with Gasteiger partial charge in [0.25, 0.3) is 0 Å². The highest BCUT2D eigenvalue weighted by Gasteiger charge is 2.50. The predicted molar refractivity (Wildman–Crippen MR) is 164 cm³/mol. The number of hydrogen-bond acceptors (Lipinski definition) is 10. The number of aromatic nitrogens is 9. The molecule has 1 aliphatic heterocycles. The smallest absolute Gasteiger partial charge is 0.243 e. The van der Waals surface area contributed by atoms with Crippen LogP contribution >= 0.6 is 22.9 Å². The van der Waals surface area contributed by atoms with Crippen molar-refractivity contribution in [3.63, 3.8) is 0 Å². The summed E-state index contributed by atoms with van der Waals surface area (Å²) in [5.74, 6) is 0.537. The maximum absolute atomic E-state index is 14.5. The van der Waals surface area contributed by atoms with Gasteiger partial charge in [-0.3, -0.25) is 9.48 Å². The Morgan fingerprint density at radius 3 is 2.75 bits per heavy atom. The molecule has 1 atom stereocenters. The lowest BCUT2D eigenvalue weighted by molar-refractivity contribution is -0.119. The van der Waals surface area contributed by atoms with Crippen molar-refractivity contribution < 1.29 is 9.18 Å². The van der Waals surface area contributed by atoms with E-state index in [9.17, 15) is 9.18 Å². The van der Waals surface area contributed by atoms with E-state index in [1.165, 1.54) is 17.4 Å². The molecule has 44 heavy (non-hydrogen) atoms. The van der Waals surface area contributed by atoms with E-state index in [-0.39, 0.29) is 35.7 Å². The Morgan fingerprint density at radius 2 is 1.98 bits per heavy atom. The minimum atomic E-state index is -1.21. The first-order valence-corrected chi connectivity index (χ1v) is 14.9. The Morgan fingerprint density at radius 1 is 1.16 bits per heavy atom. The fourth-order valence-electron chi connectivity index (χ4n) is 5.54. The van der Waals surface area contributed by atoms with Gasteiger partial charge in [-0.15, -0.1) is 21.5 Å². The number of halogens is 2. The standard InChI is InChI=1S/C29H25ClFN11OS/c1-28(2,25-37-40-41-38-25)11-16-13-44-27(33-16)29(3)20-22(32)34-24(35-23(20)36-26(29)43)21-17-9-8-15(30)10-19(17)42(39-21)12-14-6-4-5-7-18(14)31/h4-10,13H,11-12H2,1-3H3,(H,37,38,40,41)(H3,32,34,35,36,43)/t29-/m0/s1. The molecule has 2 aromatic carbocycles. The molecule has 6 aromatic rings. The van der Waals surface area contributed by atoms with Crippen molar-refractivity contribution in [2.45, 2.75) is 44.6 Å². The number of nitrogens with one attached hydrogen (secondary N) is 2. The topological polar surface area (TPSA) is 166 Å². The molecule has 4 N–H and O–H groups in total. The number of rotatable bonds is 7. The van der Waals surface area contributed by atoms with Crippen LogP contribution in [-0.2, 0) is 28.6 Å². The lowest BCUT2D eigenvalue weighted by Crippen LogP contribution is -2.33. The van der Waals surface area contributed by atoms with E-state index < -0.39 is 10.8 Å². The summed E-state index contributed by atoms with van der Waals surface area (Å²) in [5.41, 5.74) is 7.72. The number of carbonyl (C=O) groups is 1. The number of fused-ring (bicyclic) bond motifs is 2. The molecule has 0 saturated heterocycles. The van der Waals surface area contributed by atoms with Gasteiger partial charge in [0.15, 0.2) is 11.6 Å². The molecule has 15 heteroatoms. The second-order valence-electron chi connectivity index (χ2n) is 11.4. The van der Waals surface area contributed by atoms with Crippen molar-refractivity contribution in [1.29, 1.82) is 0 Å². The van der Waals surface area contributed by atoms with Gasteiger partial charge in [-0.1, -0.05) is 48.9 Å². The summed E-state index contributed by atoms with van der Waals surface area (Å²) in [6, 6.07) is 11.8. The quantitative estimate of drug-likeness (QED) is 0.227. The van der Waals surface area contributed by atoms with Crippen LogP contribution in [0.2, 0.25) is 5.02 Å². The molecule has 0 unspecified atom stereocenters. The number of nitrogen functional groups attached to an aromatic ring is 1. The maximum atomic E-state index is 14.5. The van der Waals surface area contributed by atoms with Crippen LogP contribution in [-0.4, -0.2) is 51.3 Å². The van der Waals surface area contributed by atoms with E-state index in [4.69, 9.17) is 32.4 Å². The molecule has 0 fully saturated rings. The average molecular weight is 630 g/mol. The Labute approximate surface area is 258 Å². The van der Waals surface area contributed by atoms with Gasteiger partial charge in [0, 0.05) is 33.2 Å². The summed E-state index contributed by atoms with van der Waals surface area (Å²) < 4.78 is 16.2. The van der Waals surface area contributed by atoms with E-state index in [1.54, 1.807) is 48.0 Å². The van der Waals surface area contributed by atoms with Crippen molar-refractivity contribution in [2.75, 3.05) is 11.1 Å². The van der Waals surface area contributed by atoms with Crippen molar-refractivity contribution in [1.82, 2.24) is 45.4 Å². The highest BCUT2D eigenvalue weighted by molar-refractivity contribution is 7.10. The molecule has 0 radical (unpaired) electrons. The molecule has 222 valence electrons. The number of nitrogens with zero attached hydrogens (tertiary/aromatic N) is 8. The zero-order chi connectivity index (χ0) is 30.8. The summed E-state index contributed by atoms with van der Waals surface area (Å²) in [6.45, 7) is 5.92. The van der Waals surface area contributed by atoms with Gasteiger partial charge in [0.1, 0.15) is 33.6 Å². The molecule has 12 nitrogen and oxygen atoms in total. The van der Waals surface area contributed by atoms with Gasteiger partial charge in [0.05, 0.1) is 23.3 Å². The number of benzene rings is 2. The third-order valence-electron chi connectivity index (χ3n) is 7.88. The molecular formula is C29H25ClFN11OS. The molecule has 1 aliphatic rings. The van der Waals surface area contributed by atoms with Gasteiger partial charge in [-0.05, 0) is 31.2 Å². The summed E-state index contributed by atoms with van der Waals surface area (Å²) >= 11 is 7.68. The van der Waals surface area contributed by atoms with Crippen molar-refractivity contribution in [3.05, 3.63) is 86.3 Å². The largest absolute Gasteiger partial charge is 0.383 e. The number of nitrogens with two attached hydrogens (primary N) is 1. The number of H-pyrrole nitrogens is 1. The number of anilines is 2. The normalized spacial score (nSPS) is 16.4. The Kier molecular flexibility index (Phi) is 6.44. The lowest BCUT2D eigenvalue weighted by Gasteiger charge is -2.21. The van der Waals surface area contributed by atoms with Gasteiger partial charge >= 0.3 is 0 Å². The highest BCUT2D eigenvalue weighted by Crippen LogP contribution is 2.46. The molecule has 0 saturated carbocycles. The Balaban J connectivity index is 1.27. The second kappa shape index (κ2) is 10.1. The Bertz CT molecular complexity index is 2070. The summed E-state index contributed by atoms with van der Waals surface area (Å²) in [6.07, 6.45) is 0.533. The second-order valence-corrected chi connectivity index (χ2v) is 12.7. The minimum absolute atomic E-state index is 0.125. The summed E-state index contributed by atoms with van der Waals surface area (Å²) in [7, 11) is 0. The number of tetrazole rings is 1. The molecule has 5 heterocycles. The van der Waals surface area contributed by atoms with Gasteiger partial charge < -0.3 is 11.1 Å². The van der Waals surface area contributed by atoms with Gasteiger partial charge in [-0.2, -0.15) is 10.3 Å². The first-order chi connectivity index (χ1) is 21.0. The molecule has 0 spiro atoms. The maximum Gasteiger partial charge on any atom is 0.243 e. The van der Waals surface area contributed by atoms with Crippen LogP contribution in [0.15, 0.2) is 47.8 Å². The third-order valence-corrected chi connectivity index (χ3v) is 9.23. The Hall–Kier alpha value is -4.82. The fourth-order valence-corrected chi connectivity index (χ4v) is 6.69. The average Bonchev–Trinajstić information content (AvgIpc) is 3.78. The zero-order valence-corrected chi connectivity index (χ0v) is 25.3. The molecule has 0 aliphatic carbocycles. The zero-order valence-electron chi connectivity index (χ0n) is 23.8. The highest BCUT2D eigenvalue weighted by atomic mass is 35.5. The van der Waals surface area contributed by atoms with E-state index >= 15 is 0 Å². The SMILES string of the molecule is CC(C)(Cc1csc([C@]2(C)C(=O)Nc3nc(-c4nn(Cc5ccccc5F)c5cc(Cl)ccc45)nc(N)c32)n1)c1nn[nH]n1. The monoisotopic (exact) mass is 629 g/mol. The summed E-state index contributed by atoms with van der Waals surface area (Å²) in [4.78, 5) is 27.7. The van der Waals surface area contributed by atoms with Gasteiger partial charge in [0.2, 0.25) is 5.91 Å². The molecular weight excluding hydrogens is 605 g/mol. The van der Waals surface area contributed by atoms with E-state index in [0.29, 0.717) is 50.0 Å². The van der Waals surface area contributed by atoms with Crippen LogP contribution in [0.5, 0.6) is 0 Å². The number of carbonyl (C=O) groups excluding carboxylic acids is 1. The van der Waals surface area contributed by atoms with Crippen LogP contribution in [0.25, 0.3) is 22.4 Å². The number of amides is 1. The van der Waals surface area contributed by atoms with E-state index in [2.05, 4.69) is 30.9 Å². The number of thiazole rings is 1. The fraction of sp³-hybridized carbons (Fsp3) is 0.241. The predicted octanol–water partition coefficient (Wildman–Crippen LogP) is 4.66. The van der Waals surface area contributed by atoms with Crippen molar-refractivity contribution in [2.24, 2.45) is 0 Å². The third kappa shape index (κ3) is 4.48. The minimum Gasteiger partial charge on any atom is -0.383 e. The summed E-state index contributed by atoms with van der Waals surface area (Å²) in [5, 5.41) is 25.7. The molecule has 7 rings (SSSR count). The first-order valence-electron chi connectivity index (χ1n) is 13.6. The van der Waals surface area contributed by atoms with Crippen molar-refractivity contribution in [3.8, 4) is 11.5 Å². The van der Waals surface area contributed by atoms with Crippen LogP contribution in [0.3, 0.4) is 0 Å². The number of aromatic amines is 1. The van der Waals surface area contributed by atoms with Crippen LogP contribution in [0, 0.1) is 5.82 Å². The molecule has 4 aromatic heterocycles. The number of hydrogen-bond donors (Lipinski definition) is 3. The molecule has 0 bridgehead atoms. The van der Waals surface area contributed by atoms with E-state index in [0.717, 1.165) is 5.69 Å². The lowest BCUT2D eigenvalue weighted by atomic mass is 9.84. The van der Waals surface area contributed by atoms with Gasteiger partial charge in [-0.25, -0.2) is 19.3 Å². The molecule has 1 amide bonds. The first kappa shape index (κ1) is 28.0. The van der Waals surface area contributed by atoms with Crippen LogP contribution in [0.1, 0.15) is 48.4 Å². The van der Waals surface area contributed by atoms with Crippen LogP contribution < -0.4 is 11.1 Å². The van der Waals surface area contributed by atoms with Crippen LogP contribution in [0.4, 0.5) is 16.0 Å². The van der Waals surface area contributed by atoms with E-state index in [1.807, 2.05) is 19.2 Å². The van der Waals surface area contributed by atoms with Crippen molar-refractivity contribution >= 4 is 51.4 Å².